The van der Waals surface area contributed by atoms with Crippen LogP contribution in [0.4, 0.5) is 5.69 Å². The summed E-state index contributed by atoms with van der Waals surface area (Å²) in [6.07, 6.45) is 1.38. The molecule has 0 amide bonds. The Labute approximate surface area is 117 Å². The Bertz CT molecular complexity index is 670. The van der Waals surface area contributed by atoms with Gasteiger partial charge in [-0.05, 0) is 6.07 Å². The lowest BCUT2D eigenvalue weighted by Gasteiger charge is -2.03. The molecule has 104 valence electrons. The van der Waals surface area contributed by atoms with Crippen LogP contribution in [0.3, 0.4) is 0 Å². The van der Waals surface area contributed by atoms with Gasteiger partial charge in [0.1, 0.15) is 10.8 Å². The first-order valence-corrected chi connectivity index (χ1v) is 5.70. The molecule has 2 rings (SSSR count). The van der Waals surface area contributed by atoms with Gasteiger partial charge in [0.2, 0.25) is 5.88 Å². The van der Waals surface area contributed by atoms with E-state index in [1.54, 1.807) is 0 Å². The molecule has 0 atom stereocenters. The number of carbonyl (C=O) groups is 1. The molecule has 0 radical (unpaired) electrons. The number of ether oxygens (including phenoxy) is 1. The molecule has 0 bridgehead atoms. The van der Waals surface area contributed by atoms with Crippen LogP contribution in [0.15, 0.2) is 30.5 Å². The van der Waals surface area contributed by atoms with E-state index in [2.05, 4.69) is 9.94 Å². The van der Waals surface area contributed by atoms with Gasteiger partial charge in [-0.2, -0.15) is 0 Å². The number of carbonyl (C=O) groups excluding carboxylic acids is 1. The van der Waals surface area contributed by atoms with Gasteiger partial charge in [-0.15, -0.1) is 0 Å². The molecule has 1 aromatic carbocycles. The number of halogens is 1. The molecule has 1 aromatic heterocycles. The molecule has 0 saturated carbocycles. The van der Waals surface area contributed by atoms with Gasteiger partial charge in [-0.3, -0.25) is 10.1 Å². The number of hydrogen-bond acceptors (Lipinski definition) is 6. The second kappa shape index (κ2) is 5.57. The van der Waals surface area contributed by atoms with E-state index in [9.17, 15) is 14.9 Å². The predicted molar refractivity (Wildman–Crippen MR) is 67.7 cm³/mol. The molecule has 2 aromatic rings. The normalized spacial score (nSPS) is 10.1. The molecule has 0 unspecified atom stereocenters. The van der Waals surface area contributed by atoms with E-state index in [1.165, 1.54) is 37.4 Å². The average Bonchev–Trinajstić information content (AvgIpc) is 2.75. The van der Waals surface area contributed by atoms with E-state index in [-0.39, 0.29) is 22.3 Å². The second-order valence-corrected chi connectivity index (χ2v) is 4.02. The third kappa shape index (κ3) is 3.23. The maximum absolute atomic E-state index is 10.7. The van der Waals surface area contributed by atoms with Crippen LogP contribution in [0.25, 0.3) is 0 Å². The van der Waals surface area contributed by atoms with Crippen molar-refractivity contribution < 1.29 is 19.3 Å². The van der Waals surface area contributed by atoms with Gasteiger partial charge in [-0.25, -0.2) is 4.79 Å². The van der Waals surface area contributed by atoms with Crippen molar-refractivity contribution in [1.82, 2.24) is 9.94 Å². The van der Waals surface area contributed by atoms with Crippen molar-refractivity contribution >= 4 is 23.3 Å². The second-order valence-electron chi connectivity index (χ2n) is 3.61. The van der Waals surface area contributed by atoms with Crippen molar-refractivity contribution in [3.8, 4) is 11.6 Å². The lowest BCUT2D eigenvalue weighted by Crippen LogP contribution is -2.16. The van der Waals surface area contributed by atoms with E-state index >= 15 is 0 Å². The zero-order valence-corrected chi connectivity index (χ0v) is 10.9. The zero-order chi connectivity index (χ0) is 14.7. The summed E-state index contributed by atoms with van der Waals surface area (Å²) in [5.74, 6) is -0.108. The van der Waals surface area contributed by atoms with Crippen LogP contribution < -0.4 is 9.57 Å². The Morgan fingerprint density at radius 1 is 1.45 bits per heavy atom. The van der Waals surface area contributed by atoms with Crippen LogP contribution in [0, 0.1) is 10.1 Å². The first-order valence-electron chi connectivity index (χ1n) is 5.32. The van der Waals surface area contributed by atoms with Gasteiger partial charge >= 0.3 is 5.97 Å². The van der Waals surface area contributed by atoms with Gasteiger partial charge in [0.15, 0.2) is 0 Å². The number of hydrogen-bond donors (Lipinski definition) is 0. The molecular formula is C11H8ClN3O5. The highest BCUT2D eigenvalue weighted by Gasteiger charge is 2.13. The molecule has 0 saturated heterocycles. The summed E-state index contributed by atoms with van der Waals surface area (Å²) in [5.41, 5.74) is -0.218. The van der Waals surface area contributed by atoms with E-state index in [0.717, 1.165) is 4.85 Å². The van der Waals surface area contributed by atoms with Gasteiger partial charge in [0.05, 0.1) is 11.1 Å². The highest BCUT2D eigenvalue weighted by molar-refractivity contribution is 6.32. The van der Waals surface area contributed by atoms with Crippen molar-refractivity contribution in [1.29, 1.82) is 0 Å². The Hall–Kier alpha value is -2.61. The lowest BCUT2D eigenvalue weighted by atomic mass is 10.3. The van der Waals surface area contributed by atoms with Crippen molar-refractivity contribution in [3.63, 3.8) is 0 Å². The van der Waals surface area contributed by atoms with Gasteiger partial charge in [0.25, 0.3) is 5.69 Å². The van der Waals surface area contributed by atoms with Gasteiger partial charge in [0, 0.05) is 25.1 Å². The Kier molecular flexibility index (Phi) is 3.85. The molecule has 0 aliphatic heterocycles. The third-order valence-corrected chi connectivity index (χ3v) is 2.40. The van der Waals surface area contributed by atoms with Crippen LogP contribution in [-0.4, -0.2) is 20.8 Å². The van der Waals surface area contributed by atoms with Gasteiger partial charge in [-0.1, -0.05) is 21.5 Å². The minimum atomic E-state index is -0.596. The molecular weight excluding hydrogens is 290 g/mol. The van der Waals surface area contributed by atoms with Crippen molar-refractivity contribution in [2.24, 2.45) is 0 Å². The molecule has 20 heavy (non-hydrogen) atoms. The average molecular weight is 298 g/mol. The first-order chi connectivity index (χ1) is 9.45. The first kappa shape index (κ1) is 13.8. The van der Waals surface area contributed by atoms with E-state index in [0.29, 0.717) is 0 Å². The van der Waals surface area contributed by atoms with E-state index < -0.39 is 10.9 Å². The van der Waals surface area contributed by atoms with Crippen molar-refractivity contribution in [2.75, 3.05) is 0 Å². The summed E-state index contributed by atoms with van der Waals surface area (Å²) in [7, 11) is 0. The highest BCUT2D eigenvalue weighted by Crippen LogP contribution is 2.30. The monoisotopic (exact) mass is 297 g/mol. The van der Waals surface area contributed by atoms with E-state index in [4.69, 9.17) is 16.3 Å². The fourth-order valence-electron chi connectivity index (χ4n) is 1.35. The van der Waals surface area contributed by atoms with E-state index in [1.807, 2.05) is 0 Å². The van der Waals surface area contributed by atoms with Crippen molar-refractivity contribution in [2.45, 2.75) is 6.92 Å². The van der Waals surface area contributed by atoms with Crippen molar-refractivity contribution in [3.05, 3.63) is 45.6 Å². The van der Waals surface area contributed by atoms with Crippen LogP contribution in [0.5, 0.6) is 11.6 Å². The molecule has 0 N–H and O–H groups in total. The Balaban J connectivity index is 2.14. The number of aromatic nitrogens is 2. The summed E-state index contributed by atoms with van der Waals surface area (Å²) >= 11 is 5.75. The number of nitrogens with zero attached hydrogens (tertiary/aromatic N) is 3. The summed E-state index contributed by atoms with van der Waals surface area (Å²) in [5, 5.41) is 14.4. The molecule has 8 nitrogen and oxygen atoms in total. The minimum absolute atomic E-state index is 0.0491. The van der Waals surface area contributed by atoms with Crippen LogP contribution in [-0.2, 0) is 4.79 Å². The van der Waals surface area contributed by atoms with Gasteiger partial charge < -0.3 is 9.57 Å². The Morgan fingerprint density at radius 3 is 2.80 bits per heavy atom. The third-order valence-electron chi connectivity index (χ3n) is 2.10. The topological polar surface area (TPSA) is 96.5 Å². The minimum Gasteiger partial charge on any atom is -0.437 e. The molecule has 0 aliphatic carbocycles. The predicted octanol–water partition coefficient (Wildman–Crippen LogP) is 2.21. The van der Waals surface area contributed by atoms with Crippen LogP contribution in [0.2, 0.25) is 5.02 Å². The summed E-state index contributed by atoms with van der Waals surface area (Å²) in [6.45, 7) is 1.23. The van der Waals surface area contributed by atoms with Crippen LogP contribution in [0.1, 0.15) is 6.92 Å². The number of rotatable bonds is 4. The lowest BCUT2D eigenvalue weighted by molar-refractivity contribution is -0.384. The summed E-state index contributed by atoms with van der Waals surface area (Å²) in [4.78, 5) is 26.4. The molecule has 0 spiro atoms. The maximum atomic E-state index is 10.7. The smallest absolute Gasteiger partial charge is 0.331 e. The fourth-order valence-corrected chi connectivity index (χ4v) is 1.59. The summed E-state index contributed by atoms with van der Waals surface area (Å²) < 4.78 is 5.33. The Morgan fingerprint density at radius 2 is 2.20 bits per heavy atom. The highest BCUT2D eigenvalue weighted by atomic mass is 35.5. The quantitative estimate of drug-likeness (QED) is 0.634. The molecule has 0 aliphatic rings. The molecule has 0 fully saturated rings. The number of nitro groups is 1. The molecule has 9 heteroatoms. The fraction of sp³-hybridized carbons (Fsp3) is 0.0909. The maximum Gasteiger partial charge on any atom is 0.331 e. The standard InChI is InChI=1S/C11H8ClN3O5/c1-7(16)20-14-5-4-11(13-14)19-8-2-3-10(15(17)18)9(12)6-8/h2-6H,1H3. The summed E-state index contributed by atoms with van der Waals surface area (Å²) in [6, 6.07) is 5.36. The number of nitro benzene ring substituents is 1. The zero-order valence-electron chi connectivity index (χ0n) is 10.1. The largest absolute Gasteiger partial charge is 0.437 e. The molecule has 1 heterocycles. The van der Waals surface area contributed by atoms with Crippen LogP contribution >= 0.6 is 11.6 Å². The SMILES string of the molecule is CC(=O)On1ccc(Oc2ccc([N+](=O)[O-])c(Cl)c2)n1. The number of benzene rings is 1.